The second-order valence-corrected chi connectivity index (χ2v) is 7.56. The Bertz CT molecular complexity index is 894. The largest absolute Gasteiger partial charge is 0.141 e. The predicted octanol–water partition coefficient (Wildman–Crippen LogP) is 6.64. The summed E-state index contributed by atoms with van der Waals surface area (Å²) in [6, 6.07) is 20.3. The molecule has 0 aliphatic heterocycles. The minimum atomic E-state index is 1.06. The van der Waals surface area contributed by atoms with Gasteiger partial charge in [-0.15, -0.1) is 11.3 Å². The first-order valence-corrected chi connectivity index (χ1v) is 9.61. The van der Waals surface area contributed by atoms with Gasteiger partial charge >= 0.3 is 0 Å². The highest BCUT2D eigenvalue weighted by atomic mass is 32.1. The van der Waals surface area contributed by atoms with E-state index >= 15 is 0 Å². The number of rotatable bonds is 4. The first-order valence-electron chi connectivity index (χ1n) is 8.79. The SMILES string of the molecule is CCc1ccc(-c2cccc3c2C=C(c2ccc(CC)s2)C3)cc1. The Balaban J connectivity index is 1.74. The standard InChI is InChI=1S/C23H22S/c1-3-16-8-10-17(11-9-16)21-7-5-6-18-14-19(15-22(18)21)23-13-12-20(4-2)24-23/h5-13,15H,3-4,14H2,1-2H3. The maximum Gasteiger partial charge on any atom is 0.0308 e. The van der Waals surface area contributed by atoms with E-state index in [1.165, 1.54) is 43.1 Å². The van der Waals surface area contributed by atoms with Crippen molar-refractivity contribution in [1.29, 1.82) is 0 Å². The highest BCUT2D eigenvalue weighted by molar-refractivity contribution is 7.13. The monoisotopic (exact) mass is 330 g/mol. The zero-order valence-electron chi connectivity index (χ0n) is 14.3. The van der Waals surface area contributed by atoms with Gasteiger partial charge in [0, 0.05) is 9.75 Å². The van der Waals surface area contributed by atoms with Crippen LogP contribution in [0.4, 0.5) is 0 Å². The number of fused-ring (bicyclic) bond motifs is 1. The number of aryl methyl sites for hydroxylation is 2. The molecule has 120 valence electrons. The molecular weight excluding hydrogens is 308 g/mol. The van der Waals surface area contributed by atoms with Crippen LogP contribution in [0, 0.1) is 0 Å². The number of benzene rings is 2. The van der Waals surface area contributed by atoms with Crippen LogP contribution in [-0.2, 0) is 19.3 Å². The zero-order valence-corrected chi connectivity index (χ0v) is 15.1. The quantitative estimate of drug-likeness (QED) is 0.503. The maximum atomic E-state index is 2.41. The third-order valence-corrected chi connectivity index (χ3v) is 6.20. The van der Waals surface area contributed by atoms with Gasteiger partial charge in [0.25, 0.3) is 0 Å². The fourth-order valence-electron chi connectivity index (χ4n) is 3.44. The van der Waals surface area contributed by atoms with Gasteiger partial charge < -0.3 is 0 Å². The minimum Gasteiger partial charge on any atom is -0.141 e. The van der Waals surface area contributed by atoms with Crippen LogP contribution in [0.3, 0.4) is 0 Å². The van der Waals surface area contributed by atoms with Gasteiger partial charge in [-0.3, -0.25) is 0 Å². The van der Waals surface area contributed by atoms with Crippen molar-refractivity contribution in [1.82, 2.24) is 0 Å². The van der Waals surface area contributed by atoms with Crippen molar-refractivity contribution in [3.8, 4) is 11.1 Å². The van der Waals surface area contributed by atoms with E-state index in [0.717, 1.165) is 19.3 Å². The Labute approximate surface area is 148 Å². The van der Waals surface area contributed by atoms with Crippen molar-refractivity contribution >= 4 is 23.0 Å². The van der Waals surface area contributed by atoms with Crippen LogP contribution in [-0.4, -0.2) is 0 Å². The molecule has 1 aliphatic carbocycles. The average Bonchev–Trinajstić information content (AvgIpc) is 3.27. The summed E-state index contributed by atoms with van der Waals surface area (Å²) in [5, 5.41) is 0. The summed E-state index contributed by atoms with van der Waals surface area (Å²) in [6.07, 6.45) is 5.68. The third-order valence-electron chi connectivity index (χ3n) is 4.90. The molecule has 24 heavy (non-hydrogen) atoms. The molecule has 1 heteroatoms. The van der Waals surface area contributed by atoms with Gasteiger partial charge in [-0.05, 0) is 70.9 Å². The van der Waals surface area contributed by atoms with E-state index in [9.17, 15) is 0 Å². The van der Waals surface area contributed by atoms with Gasteiger partial charge in [-0.1, -0.05) is 56.3 Å². The number of hydrogen-bond acceptors (Lipinski definition) is 1. The summed E-state index contributed by atoms with van der Waals surface area (Å²) in [5.41, 5.74) is 8.40. The number of allylic oxidation sites excluding steroid dienone is 1. The van der Waals surface area contributed by atoms with E-state index < -0.39 is 0 Å². The molecule has 0 amide bonds. The van der Waals surface area contributed by atoms with Crippen molar-refractivity contribution in [2.75, 3.05) is 0 Å². The molecule has 0 spiro atoms. The Morgan fingerprint density at radius 2 is 1.71 bits per heavy atom. The minimum absolute atomic E-state index is 1.06. The van der Waals surface area contributed by atoms with Gasteiger partial charge in [0.05, 0.1) is 0 Å². The van der Waals surface area contributed by atoms with Gasteiger partial charge in [0.2, 0.25) is 0 Å². The molecule has 0 N–H and O–H groups in total. The first-order chi connectivity index (χ1) is 11.8. The molecule has 0 saturated heterocycles. The van der Waals surface area contributed by atoms with Gasteiger partial charge in [-0.2, -0.15) is 0 Å². The predicted molar refractivity (Wildman–Crippen MR) is 107 cm³/mol. The molecule has 0 bridgehead atoms. The summed E-state index contributed by atoms with van der Waals surface area (Å²) >= 11 is 1.94. The Morgan fingerprint density at radius 1 is 0.875 bits per heavy atom. The third kappa shape index (κ3) is 2.74. The van der Waals surface area contributed by atoms with Crippen LogP contribution >= 0.6 is 11.3 Å². The molecule has 1 aliphatic rings. The van der Waals surface area contributed by atoms with Crippen molar-refractivity contribution in [3.63, 3.8) is 0 Å². The van der Waals surface area contributed by atoms with E-state index in [-0.39, 0.29) is 0 Å². The number of thiophene rings is 1. The lowest BCUT2D eigenvalue weighted by Gasteiger charge is -2.08. The van der Waals surface area contributed by atoms with Crippen LogP contribution in [0.15, 0.2) is 54.6 Å². The topological polar surface area (TPSA) is 0 Å². The fraction of sp³-hybridized carbons (Fsp3) is 0.217. The van der Waals surface area contributed by atoms with Crippen LogP contribution in [0.2, 0.25) is 0 Å². The smallest absolute Gasteiger partial charge is 0.0308 e. The molecule has 2 aromatic carbocycles. The summed E-state index contributed by atoms with van der Waals surface area (Å²) < 4.78 is 0. The zero-order chi connectivity index (χ0) is 16.5. The molecule has 4 rings (SSSR count). The average molecular weight is 330 g/mol. The Hall–Kier alpha value is -2.12. The molecule has 3 aromatic rings. The first kappa shape index (κ1) is 15.4. The molecule has 0 nitrogen and oxygen atoms in total. The van der Waals surface area contributed by atoms with Crippen molar-refractivity contribution < 1.29 is 0 Å². The van der Waals surface area contributed by atoms with E-state index in [4.69, 9.17) is 0 Å². The van der Waals surface area contributed by atoms with Crippen molar-refractivity contribution in [2.24, 2.45) is 0 Å². The van der Waals surface area contributed by atoms with Crippen LogP contribution in [0.5, 0.6) is 0 Å². The summed E-state index contributed by atoms with van der Waals surface area (Å²) in [6.45, 7) is 4.43. The van der Waals surface area contributed by atoms with Crippen LogP contribution in [0.1, 0.15) is 40.3 Å². The van der Waals surface area contributed by atoms with Gasteiger partial charge in [-0.25, -0.2) is 0 Å². The molecule has 1 aromatic heterocycles. The normalized spacial score (nSPS) is 13.0. The lowest BCUT2D eigenvalue weighted by atomic mass is 9.96. The summed E-state index contributed by atoms with van der Waals surface area (Å²) in [4.78, 5) is 2.90. The second-order valence-electron chi connectivity index (χ2n) is 6.39. The molecule has 0 fully saturated rings. The summed E-state index contributed by atoms with van der Waals surface area (Å²) in [5.74, 6) is 0. The second kappa shape index (κ2) is 6.41. The van der Waals surface area contributed by atoms with Gasteiger partial charge in [0.1, 0.15) is 0 Å². The van der Waals surface area contributed by atoms with Crippen LogP contribution < -0.4 is 0 Å². The van der Waals surface area contributed by atoms with E-state index in [2.05, 4.69) is 74.5 Å². The van der Waals surface area contributed by atoms with Gasteiger partial charge in [0.15, 0.2) is 0 Å². The lowest BCUT2D eigenvalue weighted by Crippen LogP contribution is -1.88. The molecule has 0 radical (unpaired) electrons. The van der Waals surface area contributed by atoms with Crippen molar-refractivity contribution in [3.05, 3.63) is 81.0 Å². The highest BCUT2D eigenvalue weighted by Gasteiger charge is 2.18. The molecule has 0 saturated carbocycles. The molecule has 0 atom stereocenters. The maximum absolute atomic E-state index is 2.41. The van der Waals surface area contributed by atoms with E-state index in [0.29, 0.717) is 0 Å². The Morgan fingerprint density at radius 3 is 2.42 bits per heavy atom. The molecule has 0 unspecified atom stereocenters. The van der Waals surface area contributed by atoms with Crippen LogP contribution in [0.25, 0.3) is 22.8 Å². The van der Waals surface area contributed by atoms with E-state index in [1.807, 2.05) is 11.3 Å². The van der Waals surface area contributed by atoms with Crippen molar-refractivity contribution in [2.45, 2.75) is 33.1 Å². The number of hydrogen-bond donors (Lipinski definition) is 0. The Kier molecular flexibility index (Phi) is 4.12. The van der Waals surface area contributed by atoms with E-state index in [1.54, 1.807) is 0 Å². The molecular formula is C23H22S. The molecule has 1 heterocycles. The highest BCUT2D eigenvalue weighted by Crippen LogP contribution is 2.39. The fourth-order valence-corrected chi connectivity index (χ4v) is 4.40. The summed E-state index contributed by atoms with van der Waals surface area (Å²) in [7, 11) is 0. The lowest BCUT2D eigenvalue weighted by molar-refractivity contribution is 1.14.